The lowest BCUT2D eigenvalue weighted by Gasteiger charge is -2.25. The Bertz CT molecular complexity index is 625. The fourth-order valence-electron chi connectivity index (χ4n) is 1.85. The number of hydrogen-bond donors (Lipinski definition) is 2. The van der Waals surface area contributed by atoms with Crippen molar-refractivity contribution in [3.8, 4) is 0 Å². The number of carbonyl (C=O) groups is 1. The lowest BCUT2D eigenvalue weighted by molar-refractivity contribution is 0.0527. The summed E-state index contributed by atoms with van der Waals surface area (Å²) >= 11 is 7.30. The Morgan fingerprint density at radius 3 is 2.80 bits per heavy atom. The van der Waals surface area contributed by atoms with Crippen LogP contribution in [0.3, 0.4) is 0 Å². The van der Waals surface area contributed by atoms with Crippen LogP contribution in [0.25, 0.3) is 0 Å². The van der Waals surface area contributed by atoms with E-state index < -0.39 is 5.60 Å². The molecule has 106 valence electrons. The van der Waals surface area contributed by atoms with Gasteiger partial charge < -0.3 is 10.4 Å². The molecule has 0 saturated carbocycles. The van der Waals surface area contributed by atoms with Crippen LogP contribution in [0.15, 0.2) is 29.6 Å². The highest BCUT2D eigenvalue weighted by Crippen LogP contribution is 2.27. The van der Waals surface area contributed by atoms with E-state index in [2.05, 4.69) is 9.69 Å². The molecule has 1 atom stereocenters. The lowest BCUT2D eigenvalue weighted by atomic mass is 9.96. The minimum atomic E-state index is -1.23. The second kappa shape index (κ2) is 5.91. The van der Waals surface area contributed by atoms with Crippen LogP contribution in [0, 0.1) is 6.92 Å². The van der Waals surface area contributed by atoms with Gasteiger partial charge in [0.15, 0.2) is 0 Å². The Kier molecular flexibility index (Phi) is 4.42. The highest BCUT2D eigenvalue weighted by molar-refractivity contribution is 7.03. The van der Waals surface area contributed by atoms with Gasteiger partial charge in [0.1, 0.15) is 5.60 Å². The van der Waals surface area contributed by atoms with Gasteiger partial charge in [0.25, 0.3) is 5.91 Å². The molecule has 0 bridgehead atoms. The summed E-state index contributed by atoms with van der Waals surface area (Å²) in [6.45, 7) is 3.47. The van der Waals surface area contributed by atoms with Crippen molar-refractivity contribution in [3.05, 3.63) is 51.5 Å². The average molecular weight is 311 g/mol. The molecule has 2 rings (SSSR count). The van der Waals surface area contributed by atoms with Crippen molar-refractivity contribution in [1.29, 1.82) is 0 Å². The van der Waals surface area contributed by atoms with Gasteiger partial charge in [-0.25, -0.2) is 0 Å². The minimum Gasteiger partial charge on any atom is -0.384 e. The van der Waals surface area contributed by atoms with Crippen LogP contribution in [-0.4, -0.2) is 21.9 Å². The summed E-state index contributed by atoms with van der Waals surface area (Å²) < 4.78 is 4.05. The van der Waals surface area contributed by atoms with Gasteiger partial charge in [-0.3, -0.25) is 4.79 Å². The summed E-state index contributed by atoms with van der Waals surface area (Å²) in [5, 5.41) is 15.3. The van der Waals surface area contributed by atoms with Crippen molar-refractivity contribution < 1.29 is 9.90 Å². The zero-order chi connectivity index (χ0) is 14.8. The molecule has 6 heteroatoms. The van der Waals surface area contributed by atoms with Crippen molar-refractivity contribution in [1.82, 2.24) is 9.69 Å². The van der Waals surface area contributed by atoms with Crippen molar-refractivity contribution in [2.75, 3.05) is 6.54 Å². The van der Waals surface area contributed by atoms with E-state index in [1.54, 1.807) is 43.5 Å². The highest BCUT2D eigenvalue weighted by atomic mass is 35.5. The van der Waals surface area contributed by atoms with E-state index in [0.717, 1.165) is 0 Å². The predicted octanol–water partition coefficient (Wildman–Crippen LogP) is 2.74. The van der Waals surface area contributed by atoms with E-state index in [4.69, 9.17) is 11.6 Å². The van der Waals surface area contributed by atoms with Crippen molar-refractivity contribution in [3.63, 3.8) is 0 Å². The third kappa shape index (κ3) is 3.17. The molecule has 0 fully saturated rings. The van der Waals surface area contributed by atoms with Crippen LogP contribution in [0.4, 0.5) is 0 Å². The van der Waals surface area contributed by atoms with Crippen LogP contribution in [-0.2, 0) is 5.60 Å². The minimum absolute atomic E-state index is 0.0743. The van der Waals surface area contributed by atoms with Crippen molar-refractivity contribution >= 4 is 29.0 Å². The molecule has 0 unspecified atom stereocenters. The summed E-state index contributed by atoms with van der Waals surface area (Å²) in [5.41, 5.74) is 0.572. The Hall–Kier alpha value is -1.43. The number of rotatable bonds is 4. The molecule has 0 aliphatic heterocycles. The fraction of sp³-hybridized carbons (Fsp3) is 0.286. The molecule has 0 spiro atoms. The molecule has 2 N–H and O–H groups in total. The van der Waals surface area contributed by atoms with Gasteiger partial charge in [0, 0.05) is 16.0 Å². The number of halogens is 1. The number of carbonyl (C=O) groups excluding carboxylic acids is 1. The Balaban J connectivity index is 2.08. The Labute approximate surface area is 126 Å². The number of aliphatic hydroxyl groups is 1. The molecule has 0 aliphatic carbocycles. The number of aromatic nitrogens is 1. The van der Waals surface area contributed by atoms with E-state index in [1.165, 1.54) is 11.5 Å². The molecular formula is C14H15ClN2O2S. The molecule has 0 radical (unpaired) electrons. The number of aryl methyl sites for hydroxylation is 1. The van der Waals surface area contributed by atoms with Crippen LogP contribution < -0.4 is 5.32 Å². The summed E-state index contributed by atoms with van der Waals surface area (Å²) in [7, 11) is 0. The van der Waals surface area contributed by atoms with Gasteiger partial charge in [0.2, 0.25) is 0 Å². The molecule has 4 nitrogen and oxygen atoms in total. The molecular weight excluding hydrogens is 296 g/mol. The van der Waals surface area contributed by atoms with Gasteiger partial charge in [-0.05, 0) is 31.4 Å². The zero-order valence-electron chi connectivity index (χ0n) is 11.2. The van der Waals surface area contributed by atoms with Gasteiger partial charge in [0.05, 0.1) is 17.8 Å². The molecule has 2 aromatic rings. The first-order chi connectivity index (χ1) is 9.42. The lowest BCUT2D eigenvalue weighted by Crippen LogP contribution is -2.38. The summed E-state index contributed by atoms with van der Waals surface area (Å²) in [4.78, 5) is 12.0. The average Bonchev–Trinajstić information content (AvgIpc) is 2.83. The first kappa shape index (κ1) is 15.0. The van der Waals surface area contributed by atoms with E-state index in [-0.39, 0.29) is 12.5 Å². The summed E-state index contributed by atoms with van der Waals surface area (Å²) in [6, 6.07) is 7.04. The topological polar surface area (TPSA) is 62.2 Å². The fourth-order valence-corrected chi connectivity index (χ4v) is 2.88. The van der Waals surface area contributed by atoms with Crippen molar-refractivity contribution in [2.45, 2.75) is 19.4 Å². The number of nitrogens with one attached hydrogen (secondary N) is 1. The normalized spacial score (nSPS) is 13.8. The summed E-state index contributed by atoms with van der Waals surface area (Å²) in [5.74, 6) is -0.247. The molecule has 1 heterocycles. The maximum absolute atomic E-state index is 12.0. The predicted molar refractivity (Wildman–Crippen MR) is 80.2 cm³/mol. The van der Waals surface area contributed by atoms with E-state index >= 15 is 0 Å². The van der Waals surface area contributed by atoms with Gasteiger partial charge in [-0.2, -0.15) is 4.37 Å². The monoisotopic (exact) mass is 310 g/mol. The quantitative estimate of drug-likeness (QED) is 0.912. The van der Waals surface area contributed by atoms with Gasteiger partial charge in [-0.1, -0.05) is 29.8 Å². The van der Waals surface area contributed by atoms with Crippen LogP contribution in [0.1, 0.15) is 28.5 Å². The third-order valence-electron chi connectivity index (χ3n) is 3.04. The maximum Gasteiger partial charge on any atom is 0.254 e. The molecule has 1 aromatic heterocycles. The highest BCUT2D eigenvalue weighted by Gasteiger charge is 2.26. The van der Waals surface area contributed by atoms with Crippen molar-refractivity contribution in [2.24, 2.45) is 0 Å². The largest absolute Gasteiger partial charge is 0.384 e. The van der Waals surface area contributed by atoms with Crippen LogP contribution in [0.5, 0.6) is 0 Å². The number of hydrogen-bond acceptors (Lipinski definition) is 4. The first-order valence-corrected chi connectivity index (χ1v) is 7.30. The molecule has 0 saturated heterocycles. The second-order valence-corrected chi connectivity index (χ2v) is 5.79. The number of benzene rings is 1. The van der Waals surface area contributed by atoms with Gasteiger partial charge >= 0.3 is 0 Å². The second-order valence-electron chi connectivity index (χ2n) is 4.75. The van der Waals surface area contributed by atoms with E-state index in [0.29, 0.717) is 21.8 Å². The Morgan fingerprint density at radius 1 is 1.50 bits per heavy atom. The van der Waals surface area contributed by atoms with Crippen LogP contribution in [0.2, 0.25) is 5.02 Å². The number of nitrogens with zero attached hydrogens (tertiary/aromatic N) is 1. The zero-order valence-corrected chi connectivity index (χ0v) is 12.8. The van der Waals surface area contributed by atoms with Gasteiger partial charge in [-0.15, -0.1) is 0 Å². The van der Waals surface area contributed by atoms with E-state index in [9.17, 15) is 9.90 Å². The molecule has 1 amide bonds. The molecule has 1 aromatic carbocycles. The third-order valence-corrected chi connectivity index (χ3v) is 4.09. The molecule has 0 aliphatic rings. The number of amides is 1. The summed E-state index contributed by atoms with van der Waals surface area (Å²) in [6.07, 6.45) is 0. The SMILES string of the molecule is Cc1nscc1C(=O)NC[C@](C)(O)c1ccccc1Cl. The smallest absolute Gasteiger partial charge is 0.254 e. The van der Waals surface area contributed by atoms with E-state index in [1.807, 2.05) is 0 Å². The Morgan fingerprint density at radius 2 is 2.20 bits per heavy atom. The maximum atomic E-state index is 12.0. The molecule has 20 heavy (non-hydrogen) atoms. The first-order valence-electron chi connectivity index (χ1n) is 6.08. The standard InChI is InChI=1S/C14H15ClN2O2S/c1-9-10(7-20-17-9)13(18)16-8-14(2,19)11-5-3-4-6-12(11)15/h3-7,19H,8H2,1-2H3,(H,16,18)/t14-/m0/s1. The van der Waals surface area contributed by atoms with Crippen LogP contribution >= 0.6 is 23.1 Å².